The molecule has 0 spiro atoms. The van der Waals surface area contributed by atoms with Gasteiger partial charge in [-0.2, -0.15) is 10.3 Å². The van der Waals surface area contributed by atoms with Gasteiger partial charge in [0, 0.05) is 12.5 Å². The molecule has 0 aliphatic rings. The molecule has 0 unspecified atom stereocenters. The summed E-state index contributed by atoms with van der Waals surface area (Å²) in [6, 6.07) is 18.4. The fraction of sp³-hybridized carbons (Fsp3) is 0.222. The average Bonchev–Trinajstić information content (AvgIpc) is 2.50. The number of hydrogen-bond donors (Lipinski definition) is 1. The van der Waals surface area contributed by atoms with Crippen LogP contribution in [0.3, 0.4) is 0 Å². The van der Waals surface area contributed by atoms with Crippen molar-refractivity contribution >= 4 is 5.84 Å². The first kappa shape index (κ1) is 14.8. The van der Waals surface area contributed by atoms with Gasteiger partial charge >= 0.3 is 0 Å². The fourth-order valence-electron chi connectivity index (χ4n) is 2.25. The Kier molecular flexibility index (Phi) is 5.11. The molecule has 2 aromatic rings. The number of benzene rings is 2. The van der Waals surface area contributed by atoms with Crippen molar-refractivity contribution in [3.63, 3.8) is 0 Å². The lowest BCUT2D eigenvalue weighted by molar-refractivity contribution is 0.709. The van der Waals surface area contributed by atoms with Crippen LogP contribution in [-0.4, -0.2) is 5.84 Å². The third-order valence-electron chi connectivity index (χ3n) is 3.49. The van der Waals surface area contributed by atoms with E-state index in [1.54, 1.807) is 0 Å². The minimum absolute atomic E-state index is 0.113. The number of hydrogen-bond acceptors (Lipinski definition) is 2. The van der Waals surface area contributed by atoms with E-state index in [2.05, 4.69) is 48.4 Å². The molecule has 0 saturated heterocycles. The van der Waals surface area contributed by atoms with Crippen molar-refractivity contribution in [2.24, 2.45) is 4.99 Å². The number of aliphatic imine (C=N–C) groups is 1. The van der Waals surface area contributed by atoms with Gasteiger partial charge in [-0.05, 0) is 30.5 Å². The van der Waals surface area contributed by atoms with E-state index < -0.39 is 0 Å². The van der Waals surface area contributed by atoms with Crippen LogP contribution in [0, 0.1) is 18.4 Å². The number of rotatable bonds is 4. The van der Waals surface area contributed by atoms with Gasteiger partial charge in [-0.25, -0.2) is 0 Å². The van der Waals surface area contributed by atoms with Crippen molar-refractivity contribution in [3.8, 4) is 6.19 Å². The zero-order valence-corrected chi connectivity index (χ0v) is 12.4. The molecule has 0 radical (unpaired) electrons. The van der Waals surface area contributed by atoms with Crippen molar-refractivity contribution in [1.29, 1.82) is 5.26 Å². The zero-order valence-electron chi connectivity index (χ0n) is 12.4. The molecule has 3 heteroatoms. The number of aryl methyl sites for hydroxylation is 1. The lowest BCUT2D eigenvalue weighted by atomic mass is 10.0. The van der Waals surface area contributed by atoms with Crippen LogP contribution in [0.15, 0.2) is 59.6 Å². The lowest BCUT2D eigenvalue weighted by Gasteiger charge is -2.17. The second kappa shape index (κ2) is 7.25. The van der Waals surface area contributed by atoms with E-state index in [-0.39, 0.29) is 6.04 Å². The SMILES string of the molecule is Cc1ccccc1C/C(=N\C#N)N[C@H](C)c1ccccc1. The molecule has 1 N–H and O–H groups in total. The Morgan fingerprint density at radius 2 is 1.81 bits per heavy atom. The van der Waals surface area contributed by atoms with E-state index in [0.717, 1.165) is 0 Å². The maximum Gasteiger partial charge on any atom is 0.207 e. The Bertz CT molecular complexity index is 654. The Morgan fingerprint density at radius 1 is 1.14 bits per heavy atom. The van der Waals surface area contributed by atoms with Crippen LogP contribution in [0.1, 0.15) is 29.7 Å². The van der Waals surface area contributed by atoms with Gasteiger partial charge < -0.3 is 5.32 Å². The summed E-state index contributed by atoms with van der Waals surface area (Å²) < 4.78 is 0. The van der Waals surface area contributed by atoms with Crippen LogP contribution in [0.4, 0.5) is 0 Å². The van der Waals surface area contributed by atoms with Gasteiger partial charge in [0.1, 0.15) is 5.84 Å². The summed E-state index contributed by atoms with van der Waals surface area (Å²) in [5.41, 5.74) is 3.56. The predicted molar refractivity (Wildman–Crippen MR) is 85.9 cm³/mol. The van der Waals surface area contributed by atoms with Gasteiger partial charge in [0.25, 0.3) is 0 Å². The van der Waals surface area contributed by atoms with Crippen molar-refractivity contribution in [3.05, 3.63) is 71.3 Å². The molecule has 1 atom stereocenters. The maximum atomic E-state index is 8.89. The van der Waals surface area contributed by atoms with Crippen LogP contribution in [0.5, 0.6) is 0 Å². The summed E-state index contributed by atoms with van der Waals surface area (Å²) in [6.45, 7) is 4.14. The average molecular weight is 277 g/mol. The van der Waals surface area contributed by atoms with Crippen LogP contribution in [0.2, 0.25) is 0 Å². The first-order valence-electron chi connectivity index (χ1n) is 7.02. The van der Waals surface area contributed by atoms with Crippen LogP contribution >= 0.6 is 0 Å². The second-order valence-corrected chi connectivity index (χ2v) is 5.04. The second-order valence-electron chi connectivity index (χ2n) is 5.04. The van der Waals surface area contributed by atoms with Crippen molar-refractivity contribution in [2.45, 2.75) is 26.3 Å². The smallest absolute Gasteiger partial charge is 0.207 e. The van der Waals surface area contributed by atoms with E-state index in [1.807, 2.05) is 36.5 Å². The van der Waals surface area contributed by atoms with Gasteiger partial charge in [0.05, 0.1) is 0 Å². The largest absolute Gasteiger partial charge is 0.366 e. The molecule has 0 aromatic heterocycles. The number of nitrogens with one attached hydrogen (secondary N) is 1. The summed E-state index contributed by atoms with van der Waals surface area (Å²) in [6.07, 6.45) is 2.53. The minimum atomic E-state index is 0.113. The molecule has 0 saturated carbocycles. The Morgan fingerprint density at radius 3 is 2.48 bits per heavy atom. The molecule has 0 fully saturated rings. The highest BCUT2D eigenvalue weighted by Gasteiger charge is 2.09. The topological polar surface area (TPSA) is 48.2 Å². The summed E-state index contributed by atoms with van der Waals surface area (Å²) in [5, 5.41) is 12.2. The number of amidine groups is 1. The first-order chi connectivity index (χ1) is 10.2. The first-order valence-corrected chi connectivity index (χ1v) is 7.02. The van der Waals surface area contributed by atoms with Gasteiger partial charge in [0.15, 0.2) is 0 Å². The molecule has 0 aliphatic heterocycles. The van der Waals surface area contributed by atoms with Crippen LogP contribution in [0.25, 0.3) is 0 Å². The highest BCUT2D eigenvalue weighted by Crippen LogP contribution is 2.13. The quantitative estimate of drug-likeness (QED) is 0.525. The number of nitriles is 1. The van der Waals surface area contributed by atoms with E-state index in [1.165, 1.54) is 16.7 Å². The molecular weight excluding hydrogens is 258 g/mol. The Labute approximate surface area is 126 Å². The predicted octanol–water partition coefficient (Wildman–Crippen LogP) is 3.77. The van der Waals surface area contributed by atoms with Gasteiger partial charge in [-0.1, -0.05) is 54.6 Å². The monoisotopic (exact) mass is 277 g/mol. The van der Waals surface area contributed by atoms with Crippen LogP contribution < -0.4 is 5.32 Å². The van der Waals surface area contributed by atoms with E-state index in [9.17, 15) is 0 Å². The summed E-state index contributed by atoms with van der Waals surface area (Å²) >= 11 is 0. The van der Waals surface area contributed by atoms with Gasteiger partial charge in [0.2, 0.25) is 6.19 Å². The fourth-order valence-corrected chi connectivity index (χ4v) is 2.25. The van der Waals surface area contributed by atoms with Crippen molar-refractivity contribution in [2.75, 3.05) is 0 Å². The van der Waals surface area contributed by atoms with Crippen molar-refractivity contribution in [1.82, 2.24) is 5.32 Å². The molecule has 21 heavy (non-hydrogen) atoms. The molecule has 0 aliphatic carbocycles. The maximum absolute atomic E-state index is 8.89. The van der Waals surface area contributed by atoms with Gasteiger partial charge in [-0.15, -0.1) is 0 Å². The normalized spacial score (nSPS) is 12.5. The van der Waals surface area contributed by atoms with Crippen LogP contribution in [-0.2, 0) is 6.42 Å². The van der Waals surface area contributed by atoms with E-state index >= 15 is 0 Å². The van der Waals surface area contributed by atoms with E-state index in [4.69, 9.17) is 5.26 Å². The van der Waals surface area contributed by atoms with Crippen molar-refractivity contribution < 1.29 is 0 Å². The molecular formula is C18H19N3. The minimum Gasteiger partial charge on any atom is -0.366 e. The van der Waals surface area contributed by atoms with Gasteiger partial charge in [-0.3, -0.25) is 0 Å². The highest BCUT2D eigenvalue weighted by molar-refractivity contribution is 5.85. The molecule has 0 heterocycles. The van der Waals surface area contributed by atoms with E-state index in [0.29, 0.717) is 12.3 Å². The summed E-state index contributed by atoms with van der Waals surface area (Å²) in [5.74, 6) is 0.697. The highest BCUT2D eigenvalue weighted by atomic mass is 15.0. The third kappa shape index (κ3) is 4.19. The summed E-state index contributed by atoms with van der Waals surface area (Å²) in [7, 11) is 0. The lowest BCUT2D eigenvalue weighted by Crippen LogP contribution is -2.28. The molecule has 0 bridgehead atoms. The standard InChI is InChI=1S/C18H19N3/c1-14-8-6-7-11-17(14)12-18(20-13-19)21-15(2)16-9-4-3-5-10-16/h3-11,15H,12H2,1-2H3,(H,20,21)/t15-/m1/s1. The Balaban J connectivity index is 2.12. The molecule has 0 amide bonds. The number of nitrogens with zero attached hydrogens (tertiary/aromatic N) is 2. The molecule has 2 aromatic carbocycles. The summed E-state index contributed by atoms with van der Waals surface area (Å²) in [4.78, 5) is 3.94. The molecule has 3 nitrogen and oxygen atoms in total. The molecule has 2 rings (SSSR count). The molecule has 106 valence electrons. The zero-order chi connectivity index (χ0) is 15.1. The third-order valence-corrected chi connectivity index (χ3v) is 3.49. The Hall–Kier alpha value is -2.60.